The highest BCUT2D eigenvalue weighted by Gasteiger charge is 2.22. The van der Waals surface area contributed by atoms with Crippen molar-refractivity contribution < 1.29 is 9.47 Å². The van der Waals surface area contributed by atoms with Crippen LogP contribution < -0.4 is 20.1 Å². The first-order chi connectivity index (χ1) is 18.6. The lowest BCUT2D eigenvalue weighted by Gasteiger charge is -2.22. The number of hydrogen-bond donors (Lipinski definition) is 2. The van der Waals surface area contributed by atoms with Crippen molar-refractivity contribution in [3.8, 4) is 11.5 Å². The molecular weight excluding hydrogens is 518 g/mol. The van der Waals surface area contributed by atoms with Gasteiger partial charge in [-0.2, -0.15) is 4.98 Å². The van der Waals surface area contributed by atoms with Crippen molar-refractivity contribution in [2.45, 2.75) is 61.7 Å². The van der Waals surface area contributed by atoms with Crippen LogP contribution in [-0.2, 0) is 0 Å². The number of halogens is 1. The molecule has 0 amide bonds. The van der Waals surface area contributed by atoms with Crippen LogP contribution >= 0.6 is 23.4 Å². The minimum absolute atomic E-state index is 0.195. The zero-order valence-corrected chi connectivity index (χ0v) is 23.7. The highest BCUT2D eigenvalue weighted by atomic mass is 35.5. The van der Waals surface area contributed by atoms with E-state index in [-0.39, 0.29) is 6.10 Å². The molecule has 3 aromatic rings. The summed E-state index contributed by atoms with van der Waals surface area (Å²) in [5.74, 6) is 2.48. The van der Waals surface area contributed by atoms with Gasteiger partial charge in [-0.3, -0.25) is 0 Å². The highest BCUT2D eigenvalue weighted by Crippen LogP contribution is 2.39. The summed E-state index contributed by atoms with van der Waals surface area (Å²) in [6.07, 6.45) is 9.35. The van der Waals surface area contributed by atoms with Crippen molar-refractivity contribution >= 4 is 46.5 Å². The lowest BCUT2D eigenvalue weighted by molar-refractivity contribution is 0.207. The third kappa shape index (κ3) is 7.04. The molecule has 5 rings (SSSR count). The number of likely N-dealkylation sites (tertiary alicyclic amines) is 1. The summed E-state index contributed by atoms with van der Waals surface area (Å²) < 4.78 is 12.1. The van der Waals surface area contributed by atoms with E-state index in [9.17, 15) is 0 Å². The SMILES string of the molecule is CCOc1cc(OC2CCN(C)C2)ccc1Nc1ncc(Cl)c(Nc2ccccc2SC2CCCCC2)n1. The zero-order valence-electron chi connectivity index (χ0n) is 22.1. The normalized spacial score (nSPS) is 18.3. The van der Waals surface area contributed by atoms with E-state index >= 15 is 0 Å². The van der Waals surface area contributed by atoms with Gasteiger partial charge < -0.3 is 25.0 Å². The molecule has 0 radical (unpaired) electrons. The fourth-order valence-electron chi connectivity index (χ4n) is 4.94. The van der Waals surface area contributed by atoms with Crippen LogP contribution in [0.25, 0.3) is 0 Å². The van der Waals surface area contributed by atoms with Gasteiger partial charge in [0, 0.05) is 29.3 Å². The van der Waals surface area contributed by atoms with E-state index in [0.717, 1.165) is 36.6 Å². The van der Waals surface area contributed by atoms with Crippen LogP contribution in [0.2, 0.25) is 5.02 Å². The maximum Gasteiger partial charge on any atom is 0.229 e. The lowest BCUT2D eigenvalue weighted by Crippen LogP contribution is -2.21. The van der Waals surface area contributed by atoms with Gasteiger partial charge in [-0.15, -0.1) is 11.8 Å². The predicted octanol–water partition coefficient (Wildman–Crippen LogP) is 7.52. The molecule has 7 nitrogen and oxygen atoms in total. The number of para-hydroxylation sites is 1. The number of thioether (sulfide) groups is 1. The smallest absolute Gasteiger partial charge is 0.229 e. The summed E-state index contributed by atoms with van der Waals surface area (Å²) >= 11 is 8.47. The van der Waals surface area contributed by atoms with E-state index in [2.05, 4.69) is 45.8 Å². The Labute approximate surface area is 234 Å². The number of hydrogen-bond acceptors (Lipinski definition) is 8. The fraction of sp³-hybridized carbons (Fsp3) is 0.448. The van der Waals surface area contributed by atoms with Crippen LogP contribution in [0.4, 0.5) is 23.1 Å². The predicted molar refractivity (Wildman–Crippen MR) is 157 cm³/mol. The number of anilines is 4. The summed E-state index contributed by atoms with van der Waals surface area (Å²) in [4.78, 5) is 12.6. The van der Waals surface area contributed by atoms with Crippen molar-refractivity contribution in [1.82, 2.24) is 14.9 Å². The molecule has 202 valence electrons. The van der Waals surface area contributed by atoms with Gasteiger partial charge in [0.2, 0.25) is 5.95 Å². The Bertz CT molecular complexity index is 1220. The van der Waals surface area contributed by atoms with Gasteiger partial charge in [0.05, 0.1) is 24.2 Å². The van der Waals surface area contributed by atoms with Crippen LogP contribution in [-0.4, -0.2) is 53.0 Å². The molecular formula is C29H36ClN5O2S. The van der Waals surface area contributed by atoms with Crippen LogP contribution in [0, 0.1) is 0 Å². The van der Waals surface area contributed by atoms with Gasteiger partial charge in [0.1, 0.15) is 22.6 Å². The molecule has 1 saturated carbocycles. The molecule has 2 fully saturated rings. The Kier molecular flexibility index (Phi) is 9.14. The number of ether oxygens (including phenoxy) is 2. The Morgan fingerprint density at radius 3 is 2.68 bits per heavy atom. The molecule has 1 aliphatic carbocycles. The Hall–Kier alpha value is -2.68. The molecule has 1 saturated heterocycles. The Morgan fingerprint density at radius 1 is 1.05 bits per heavy atom. The van der Waals surface area contributed by atoms with Crippen molar-refractivity contribution in [1.29, 1.82) is 0 Å². The first-order valence-corrected chi connectivity index (χ1v) is 14.8. The minimum atomic E-state index is 0.195. The summed E-state index contributed by atoms with van der Waals surface area (Å²) in [5, 5.41) is 7.87. The van der Waals surface area contributed by atoms with E-state index in [1.165, 1.54) is 37.0 Å². The first-order valence-electron chi connectivity index (χ1n) is 13.5. The van der Waals surface area contributed by atoms with Gasteiger partial charge >= 0.3 is 0 Å². The molecule has 1 unspecified atom stereocenters. The summed E-state index contributed by atoms with van der Waals surface area (Å²) in [6, 6.07) is 14.2. The van der Waals surface area contributed by atoms with E-state index in [4.69, 9.17) is 26.1 Å². The number of rotatable bonds is 10. The van der Waals surface area contributed by atoms with Gasteiger partial charge in [-0.25, -0.2) is 4.98 Å². The second-order valence-electron chi connectivity index (χ2n) is 9.90. The minimum Gasteiger partial charge on any atom is -0.492 e. The molecule has 1 aliphatic heterocycles. The van der Waals surface area contributed by atoms with Crippen molar-refractivity contribution in [2.24, 2.45) is 0 Å². The van der Waals surface area contributed by atoms with Gasteiger partial charge in [-0.1, -0.05) is 43.0 Å². The molecule has 0 bridgehead atoms. The second-order valence-corrected chi connectivity index (χ2v) is 11.6. The third-order valence-corrected chi connectivity index (χ3v) is 8.57. The van der Waals surface area contributed by atoms with E-state index in [1.54, 1.807) is 6.20 Å². The molecule has 1 atom stereocenters. The lowest BCUT2D eigenvalue weighted by atomic mass is 10.0. The van der Waals surface area contributed by atoms with Crippen LogP contribution in [0.1, 0.15) is 45.4 Å². The Morgan fingerprint density at radius 2 is 1.89 bits per heavy atom. The van der Waals surface area contributed by atoms with E-state index in [1.807, 2.05) is 43.0 Å². The molecule has 2 heterocycles. The standard InChI is InChI=1S/C29H36ClN5O2S/c1-3-36-26-17-20(37-21-15-16-35(2)19-21)13-14-24(26)33-29-31-18-23(30)28(34-29)32-25-11-7-8-12-27(25)38-22-9-5-4-6-10-22/h7-8,11-14,17-18,21-22H,3-6,9-10,15-16,19H2,1-2H3,(H2,31,32,33,34). The highest BCUT2D eigenvalue weighted by molar-refractivity contribution is 8.00. The van der Waals surface area contributed by atoms with Crippen LogP contribution in [0.5, 0.6) is 11.5 Å². The van der Waals surface area contributed by atoms with Gasteiger partial charge in [-0.05, 0) is 57.5 Å². The molecule has 2 aromatic carbocycles. The topological polar surface area (TPSA) is 71.5 Å². The largest absolute Gasteiger partial charge is 0.492 e. The third-order valence-electron chi connectivity index (χ3n) is 6.88. The quantitative estimate of drug-likeness (QED) is 0.267. The molecule has 2 aliphatic rings. The monoisotopic (exact) mass is 553 g/mol. The number of benzene rings is 2. The van der Waals surface area contributed by atoms with Crippen molar-refractivity contribution in [3.63, 3.8) is 0 Å². The van der Waals surface area contributed by atoms with Gasteiger partial charge in [0.15, 0.2) is 5.82 Å². The van der Waals surface area contributed by atoms with Crippen molar-refractivity contribution in [3.05, 3.63) is 53.7 Å². The average Bonchev–Trinajstić information content (AvgIpc) is 3.33. The maximum absolute atomic E-state index is 6.52. The molecule has 1 aromatic heterocycles. The Balaban J connectivity index is 1.31. The van der Waals surface area contributed by atoms with Crippen LogP contribution in [0.15, 0.2) is 53.6 Å². The average molecular weight is 554 g/mol. The maximum atomic E-state index is 6.52. The second kappa shape index (κ2) is 12.9. The van der Waals surface area contributed by atoms with E-state index < -0.39 is 0 Å². The number of nitrogens with zero attached hydrogens (tertiary/aromatic N) is 3. The number of aromatic nitrogens is 2. The van der Waals surface area contributed by atoms with Gasteiger partial charge in [0.25, 0.3) is 0 Å². The zero-order chi connectivity index (χ0) is 26.3. The van der Waals surface area contributed by atoms with Crippen molar-refractivity contribution in [2.75, 3.05) is 37.4 Å². The molecule has 0 spiro atoms. The summed E-state index contributed by atoms with van der Waals surface area (Å²) in [5.41, 5.74) is 1.77. The number of nitrogens with one attached hydrogen (secondary N) is 2. The molecule has 38 heavy (non-hydrogen) atoms. The summed E-state index contributed by atoms with van der Waals surface area (Å²) in [7, 11) is 2.12. The fourth-order valence-corrected chi connectivity index (χ4v) is 6.41. The molecule has 2 N–H and O–H groups in total. The number of likely N-dealkylation sites (N-methyl/N-ethyl adjacent to an activating group) is 1. The first kappa shape index (κ1) is 26.9. The molecule has 9 heteroatoms. The summed E-state index contributed by atoms with van der Waals surface area (Å²) in [6.45, 7) is 4.48. The van der Waals surface area contributed by atoms with E-state index in [0.29, 0.717) is 34.4 Å². The van der Waals surface area contributed by atoms with Crippen LogP contribution in [0.3, 0.4) is 0 Å².